The molecule has 7 nitrogen and oxygen atoms in total. The Morgan fingerprint density at radius 3 is 2.47 bits per heavy atom. The molecule has 3 aromatic rings. The van der Waals surface area contributed by atoms with Gasteiger partial charge in [-0.2, -0.15) is 13.2 Å². The van der Waals surface area contributed by atoms with Crippen molar-refractivity contribution in [2.24, 2.45) is 12.0 Å². The highest BCUT2D eigenvalue weighted by Gasteiger charge is 2.35. The minimum atomic E-state index is -4.97. The van der Waals surface area contributed by atoms with Crippen molar-refractivity contribution in [2.75, 3.05) is 5.75 Å². The summed E-state index contributed by atoms with van der Waals surface area (Å²) in [7, 11) is 0.810. The minimum absolute atomic E-state index is 0.0734. The Bertz CT molecular complexity index is 1540. The van der Waals surface area contributed by atoms with Gasteiger partial charge in [-0.1, -0.05) is 47.1 Å². The number of aromatic nitrogens is 2. The van der Waals surface area contributed by atoms with Crippen molar-refractivity contribution in [3.05, 3.63) is 90.4 Å². The van der Waals surface area contributed by atoms with Crippen LogP contribution in [-0.2, 0) is 24.6 Å². The first-order valence-electron chi connectivity index (χ1n) is 10.0. The smallest absolute Gasteiger partial charge is 0.292 e. The highest BCUT2D eigenvalue weighted by atomic mass is 35.5. The maximum Gasteiger partial charge on any atom is 0.431 e. The van der Waals surface area contributed by atoms with Crippen molar-refractivity contribution in [3.63, 3.8) is 0 Å². The van der Waals surface area contributed by atoms with Gasteiger partial charge in [-0.15, -0.1) is 0 Å². The Hall–Kier alpha value is -3.09. The molecule has 0 atom stereocenters. The van der Waals surface area contributed by atoms with Crippen LogP contribution in [0.5, 0.6) is 0 Å². The van der Waals surface area contributed by atoms with Crippen LogP contribution in [0.25, 0.3) is 5.69 Å². The molecule has 2 heterocycles. The van der Waals surface area contributed by atoms with E-state index in [0.717, 1.165) is 36.5 Å². The van der Waals surface area contributed by atoms with E-state index in [9.17, 15) is 31.9 Å². The van der Waals surface area contributed by atoms with Gasteiger partial charge in [0, 0.05) is 18.1 Å². The molecule has 0 bridgehead atoms. The van der Waals surface area contributed by atoms with E-state index in [1.54, 1.807) is 24.3 Å². The molecular formula is C22H14Cl2F4N4O3S. The molecule has 0 spiro atoms. The largest absolute Gasteiger partial charge is 0.431 e. The molecule has 0 unspecified atom stereocenters. The fourth-order valence-electron chi connectivity index (χ4n) is 3.46. The fraction of sp³-hybridized carbons (Fsp3) is 0.182. The van der Waals surface area contributed by atoms with Crippen LogP contribution in [0.2, 0.25) is 10.0 Å². The Balaban J connectivity index is 1.80. The lowest BCUT2D eigenvalue weighted by Crippen LogP contribution is -2.41. The molecule has 4 rings (SSSR count). The molecule has 1 fully saturated rings. The van der Waals surface area contributed by atoms with Gasteiger partial charge >= 0.3 is 11.9 Å². The molecular weight excluding hydrogens is 547 g/mol. The van der Waals surface area contributed by atoms with Crippen LogP contribution in [0, 0.1) is 5.82 Å². The summed E-state index contributed by atoms with van der Waals surface area (Å²) in [6, 6.07) is 8.76. The van der Waals surface area contributed by atoms with Gasteiger partial charge in [0.05, 0.1) is 28.7 Å². The van der Waals surface area contributed by atoms with Crippen molar-refractivity contribution in [1.82, 2.24) is 14.0 Å². The number of rotatable bonds is 4. The first-order valence-corrected chi connectivity index (χ1v) is 11.8. The molecule has 0 saturated carbocycles. The molecule has 36 heavy (non-hydrogen) atoms. The number of halogens is 6. The summed E-state index contributed by atoms with van der Waals surface area (Å²) in [5, 5.41) is 0.482. The highest BCUT2D eigenvalue weighted by Crippen LogP contribution is 2.33. The number of carbonyl (C=O) groups excluding carboxylic acids is 1. The number of amidine groups is 1. The van der Waals surface area contributed by atoms with Gasteiger partial charge in [-0.05, 0) is 29.8 Å². The lowest BCUT2D eigenvalue weighted by Gasteiger charge is -2.17. The second-order valence-corrected chi connectivity index (χ2v) is 9.38. The number of hydrogen-bond acceptors (Lipinski definition) is 5. The zero-order valence-corrected chi connectivity index (χ0v) is 20.5. The molecule has 1 aliphatic rings. The van der Waals surface area contributed by atoms with Gasteiger partial charge in [-0.25, -0.2) is 18.7 Å². The third-order valence-electron chi connectivity index (χ3n) is 5.17. The Kier molecular flexibility index (Phi) is 7.04. The first kappa shape index (κ1) is 26.0. The lowest BCUT2D eigenvalue weighted by atomic mass is 10.2. The average Bonchev–Trinajstić information content (AvgIpc) is 3.12. The van der Waals surface area contributed by atoms with Crippen LogP contribution in [0.4, 0.5) is 23.2 Å². The summed E-state index contributed by atoms with van der Waals surface area (Å²) in [5.41, 5.74) is -4.32. The number of carbonyl (C=O) groups is 1. The van der Waals surface area contributed by atoms with E-state index < -0.39 is 34.6 Å². The molecule has 0 N–H and O–H groups in total. The number of alkyl halides is 3. The third-order valence-corrected chi connectivity index (χ3v) is 6.67. The van der Waals surface area contributed by atoms with Crippen LogP contribution in [0.1, 0.15) is 11.3 Å². The second kappa shape index (κ2) is 9.75. The maximum absolute atomic E-state index is 14.8. The molecule has 1 saturated heterocycles. The second-order valence-electron chi connectivity index (χ2n) is 7.59. The highest BCUT2D eigenvalue weighted by molar-refractivity contribution is 8.15. The zero-order chi connectivity index (χ0) is 26.4. The molecule has 1 aliphatic heterocycles. The van der Waals surface area contributed by atoms with Crippen LogP contribution in [0.15, 0.2) is 57.0 Å². The van der Waals surface area contributed by atoms with E-state index in [1.807, 2.05) is 0 Å². The number of aliphatic imine (C=N–C) groups is 1. The Morgan fingerprint density at radius 1 is 1.08 bits per heavy atom. The molecule has 0 aliphatic carbocycles. The van der Waals surface area contributed by atoms with E-state index in [4.69, 9.17) is 23.2 Å². The van der Waals surface area contributed by atoms with Crippen molar-refractivity contribution >= 4 is 51.7 Å². The van der Waals surface area contributed by atoms with Gasteiger partial charge in [0.15, 0.2) is 5.17 Å². The normalized spacial score (nSPS) is 15.2. The van der Waals surface area contributed by atoms with Crippen molar-refractivity contribution in [2.45, 2.75) is 12.7 Å². The van der Waals surface area contributed by atoms with Gasteiger partial charge < -0.3 is 0 Å². The summed E-state index contributed by atoms with van der Waals surface area (Å²) < 4.78 is 54.7. The van der Waals surface area contributed by atoms with E-state index in [0.29, 0.717) is 5.02 Å². The lowest BCUT2D eigenvalue weighted by molar-refractivity contribution is -0.144. The molecule has 188 valence electrons. The summed E-state index contributed by atoms with van der Waals surface area (Å²) >= 11 is 13.2. The number of nitrogens with zero attached hydrogens (tertiary/aromatic N) is 4. The third kappa shape index (κ3) is 5.06. The number of benzene rings is 2. The van der Waals surface area contributed by atoms with Crippen molar-refractivity contribution < 1.29 is 22.4 Å². The standard InChI is InChI=1S/C22H14Cl2F4N4O3S/c1-30-17(22(26,27)28)8-18(33)32(21(30)35)16-7-15(13(24)6-14(16)25)29-20-31(19(34)10-36-20)9-11-3-2-4-12(23)5-11/h2-8H,9-10H2,1H3/b29-20-. The SMILES string of the molecule is Cn1c(C(F)(F)F)cc(=O)n(-c2cc(/N=C3\SCC(=O)N3Cc3cccc(Cl)c3)c(Cl)cc2F)c1=O. The fourth-order valence-corrected chi connectivity index (χ4v) is 4.76. The van der Waals surface area contributed by atoms with Crippen molar-refractivity contribution in [3.8, 4) is 5.69 Å². The maximum atomic E-state index is 14.8. The minimum Gasteiger partial charge on any atom is -0.292 e. The summed E-state index contributed by atoms with van der Waals surface area (Å²) in [6.45, 7) is 0.135. The van der Waals surface area contributed by atoms with Gasteiger partial charge in [-0.3, -0.25) is 19.1 Å². The molecule has 1 amide bonds. The van der Waals surface area contributed by atoms with Gasteiger partial charge in [0.25, 0.3) is 5.56 Å². The Labute approximate surface area is 214 Å². The predicted octanol–water partition coefficient (Wildman–Crippen LogP) is 4.76. The zero-order valence-electron chi connectivity index (χ0n) is 18.1. The van der Waals surface area contributed by atoms with E-state index in [1.165, 1.54) is 4.90 Å². The number of hydrogen-bond donors (Lipinski definition) is 0. The van der Waals surface area contributed by atoms with Crippen LogP contribution >= 0.6 is 35.0 Å². The molecule has 0 radical (unpaired) electrons. The topological polar surface area (TPSA) is 76.7 Å². The van der Waals surface area contributed by atoms with E-state index in [-0.39, 0.29) is 49.3 Å². The monoisotopic (exact) mass is 560 g/mol. The quantitative estimate of drug-likeness (QED) is 0.431. The summed E-state index contributed by atoms with van der Waals surface area (Å²) in [4.78, 5) is 43.2. The molecule has 1 aromatic heterocycles. The first-order chi connectivity index (χ1) is 16.9. The van der Waals surface area contributed by atoms with Crippen LogP contribution < -0.4 is 11.2 Å². The summed E-state index contributed by atoms with van der Waals surface area (Å²) in [6.07, 6.45) is -4.97. The van der Waals surface area contributed by atoms with E-state index >= 15 is 0 Å². The van der Waals surface area contributed by atoms with Crippen LogP contribution in [0.3, 0.4) is 0 Å². The number of amides is 1. The summed E-state index contributed by atoms with van der Waals surface area (Å²) in [5.74, 6) is -1.32. The predicted molar refractivity (Wildman–Crippen MR) is 129 cm³/mol. The van der Waals surface area contributed by atoms with Crippen LogP contribution in [-0.4, -0.2) is 30.9 Å². The molecule has 2 aromatic carbocycles. The van der Waals surface area contributed by atoms with Gasteiger partial charge in [0.1, 0.15) is 11.5 Å². The molecule has 14 heteroatoms. The Morgan fingerprint density at radius 2 is 1.81 bits per heavy atom. The van der Waals surface area contributed by atoms with Gasteiger partial charge in [0.2, 0.25) is 5.91 Å². The van der Waals surface area contributed by atoms with E-state index in [2.05, 4.69) is 4.99 Å². The number of thioether (sulfide) groups is 1. The van der Waals surface area contributed by atoms with Crippen molar-refractivity contribution in [1.29, 1.82) is 0 Å². The average molecular weight is 561 g/mol.